The van der Waals surface area contributed by atoms with Gasteiger partial charge in [-0.2, -0.15) is 0 Å². The molecule has 0 saturated carbocycles. The third kappa shape index (κ3) is 2.44. The maximum absolute atomic E-state index is 6.11. The van der Waals surface area contributed by atoms with Crippen molar-refractivity contribution >= 4 is 10.8 Å². The summed E-state index contributed by atoms with van der Waals surface area (Å²) in [4.78, 5) is 4.13. The molecule has 118 valence electrons. The van der Waals surface area contributed by atoms with Gasteiger partial charge < -0.3 is 14.0 Å². The molecule has 1 saturated heterocycles. The lowest BCUT2D eigenvalue weighted by Crippen LogP contribution is -2.32. The Morgan fingerprint density at radius 1 is 1.09 bits per heavy atom. The maximum atomic E-state index is 6.11. The van der Waals surface area contributed by atoms with Gasteiger partial charge in [0, 0.05) is 18.0 Å². The average molecular weight is 308 g/mol. The number of aromatic nitrogens is 2. The highest BCUT2D eigenvalue weighted by Gasteiger charge is 2.40. The van der Waals surface area contributed by atoms with E-state index < -0.39 is 5.79 Å². The molecule has 1 aromatic heterocycles. The topological polar surface area (TPSA) is 36.3 Å². The van der Waals surface area contributed by atoms with Crippen LogP contribution in [-0.2, 0) is 28.2 Å². The molecule has 2 heterocycles. The second-order valence-electron chi connectivity index (χ2n) is 5.86. The second kappa shape index (κ2) is 5.80. The molecule has 0 bridgehead atoms. The molecule has 0 atom stereocenters. The Morgan fingerprint density at radius 3 is 2.57 bits per heavy atom. The largest absolute Gasteiger partial charge is 0.342 e. The van der Waals surface area contributed by atoms with Crippen LogP contribution in [0.2, 0.25) is 0 Å². The Kier molecular flexibility index (Phi) is 3.63. The summed E-state index contributed by atoms with van der Waals surface area (Å²) in [6.45, 7) is 4.00. The summed E-state index contributed by atoms with van der Waals surface area (Å²) >= 11 is 0. The van der Waals surface area contributed by atoms with Crippen molar-refractivity contribution in [1.29, 1.82) is 0 Å². The monoisotopic (exact) mass is 308 g/mol. The molecule has 23 heavy (non-hydrogen) atoms. The second-order valence-corrected chi connectivity index (χ2v) is 5.86. The quantitative estimate of drug-likeness (QED) is 0.740. The van der Waals surface area contributed by atoms with Gasteiger partial charge in [0.1, 0.15) is 0 Å². The van der Waals surface area contributed by atoms with Crippen LogP contribution in [0.4, 0.5) is 0 Å². The number of fused-ring (bicyclic) bond motifs is 1. The maximum Gasteiger partial charge on any atom is 0.214 e. The number of rotatable bonds is 4. The van der Waals surface area contributed by atoms with E-state index in [1.54, 1.807) is 12.5 Å². The van der Waals surface area contributed by atoms with Crippen LogP contribution in [0.5, 0.6) is 0 Å². The molecule has 0 radical (unpaired) electrons. The van der Waals surface area contributed by atoms with Gasteiger partial charge in [-0.1, -0.05) is 43.3 Å². The predicted octanol–water partition coefficient (Wildman–Crippen LogP) is 3.50. The van der Waals surface area contributed by atoms with Crippen LogP contribution < -0.4 is 0 Å². The Bertz CT molecular complexity index is 805. The highest BCUT2D eigenvalue weighted by molar-refractivity contribution is 5.89. The first-order chi connectivity index (χ1) is 11.3. The van der Waals surface area contributed by atoms with Crippen LogP contribution in [0.25, 0.3) is 10.8 Å². The summed E-state index contributed by atoms with van der Waals surface area (Å²) in [5.41, 5.74) is 2.44. The summed E-state index contributed by atoms with van der Waals surface area (Å²) in [5, 5.41) is 2.48. The molecule has 1 aliphatic rings. The molecule has 0 amide bonds. The average Bonchev–Trinajstić information content (AvgIpc) is 3.27. The van der Waals surface area contributed by atoms with Gasteiger partial charge in [0.15, 0.2) is 0 Å². The predicted molar refractivity (Wildman–Crippen MR) is 89.1 cm³/mol. The number of nitrogens with zero attached hydrogens (tertiary/aromatic N) is 2. The molecule has 1 aliphatic heterocycles. The van der Waals surface area contributed by atoms with Gasteiger partial charge in [-0.25, -0.2) is 4.98 Å². The van der Waals surface area contributed by atoms with Crippen LogP contribution in [0.1, 0.15) is 18.1 Å². The van der Waals surface area contributed by atoms with Crippen LogP contribution in [0.3, 0.4) is 0 Å². The fourth-order valence-corrected chi connectivity index (χ4v) is 3.41. The van der Waals surface area contributed by atoms with Crippen molar-refractivity contribution in [2.24, 2.45) is 0 Å². The molecule has 4 heteroatoms. The summed E-state index contributed by atoms with van der Waals surface area (Å²) in [5.74, 6) is -0.743. The van der Waals surface area contributed by atoms with Gasteiger partial charge in [0.05, 0.1) is 26.1 Å². The zero-order valence-electron chi connectivity index (χ0n) is 13.2. The van der Waals surface area contributed by atoms with E-state index in [1.165, 1.54) is 16.3 Å². The smallest absolute Gasteiger partial charge is 0.214 e. The van der Waals surface area contributed by atoms with E-state index >= 15 is 0 Å². The Hall–Kier alpha value is -2.17. The normalized spacial score (nSPS) is 16.9. The third-order valence-corrected chi connectivity index (χ3v) is 4.51. The molecule has 1 fully saturated rings. The Balaban J connectivity index is 1.88. The van der Waals surface area contributed by atoms with Crippen molar-refractivity contribution in [3.05, 3.63) is 66.2 Å². The SMILES string of the molecule is CCc1ccc(C2(Cn3ccnc3)OCCO2)c2ccccc12. The highest BCUT2D eigenvalue weighted by Crippen LogP contribution is 2.38. The molecule has 2 aromatic carbocycles. The lowest BCUT2D eigenvalue weighted by atomic mass is 9.93. The number of ether oxygens (including phenoxy) is 2. The first-order valence-corrected chi connectivity index (χ1v) is 8.07. The molecule has 0 aliphatic carbocycles. The number of benzene rings is 2. The fraction of sp³-hybridized carbons (Fsp3) is 0.316. The minimum absolute atomic E-state index is 0.600. The van der Waals surface area contributed by atoms with Crippen molar-refractivity contribution in [3.8, 4) is 0 Å². The van der Waals surface area contributed by atoms with Gasteiger partial charge in [-0.3, -0.25) is 0 Å². The van der Waals surface area contributed by atoms with Gasteiger partial charge >= 0.3 is 0 Å². The lowest BCUT2D eigenvalue weighted by Gasteiger charge is -2.29. The fourth-order valence-electron chi connectivity index (χ4n) is 3.41. The van der Waals surface area contributed by atoms with Gasteiger partial charge in [-0.05, 0) is 22.8 Å². The van der Waals surface area contributed by atoms with Crippen molar-refractivity contribution in [2.45, 2.75) is 25.7 Å². The van der Waals surface area contributed by atoms with E-state index in [1.807, 2.05) is 10.8 Å². The van der Waals surface area contributed by atoms with Gasteiger partial charge in [-0.15, -0.1) is 0 Å². The van der Waals surface area contributed by atoms with E-state index in [9.17, 15) is 0 Å². The van der Waals surface area contributed by atoms with Gasteiger partial charge in [0.25, 0.3) is 0 Å². The molecule has 4 rings (SSSR count). The zero-order chi connectivity index (χ0) is 15.7. The van der Waals surface area contributed by atoms with Crippen LogP contribution in [0.15, 0.2) is 55.1 Å². The minimum atomic E-state index is -0.743. The zero-order valence-corrected chi connectivity index (χ0v) is 13.2. The molecule has 3 aromatic rings. The number of hydrogen-bond acceptors (Lipinski definition) is 3. The standard InChI is InChI=1S/C19H20N2O2/c1-2-15-7-8-18(17-6-4-3-5-16(15)17)19(22-11-12-23-19)13-21-10-9-20-14-21/h3-10,14H,2,11-13H2,1H3. The van der Waals surface area contributed by atoms with E-state index in [2.05, 4.69) is 48.3 Å². The first-order valence-electron chi connectivity index (χ1n) is 8.07. The summed E-state index contributed by atoms with van der Waals surface area (Å²) in [6, 6.07) is 12.8. The van der Waals surface area contributed by atoms with Crippen LogP contribution in [0, 0.1) is 0 Å². The van der Waals surface area contributed by atoms with Crippen molar-refractivity contribution in [2.75, 3.05) is 13.2 Å². The minimum Gasteiger partial charge on any atom is -0.342 e. The van der Waals surface area contributed by atoms with Crippen LogP contribution >= 0.6 is 0 Å². The number of hydrogen-bond donors (Lipinski definition) is 0. The lowest BCUT2D eigenvalue weighted by molar-refractivity contribution is -0.175. The Labute approximate surface area is 135 Å². The summed E-state index contributed by atoms with van der Waals surface area (Å²) in [7, 11) is 0. The van der Waals surface area contributed by atoms with E-state index in [4.69, 9.17) is 9.47 Å². The van der Waals surface area contributed by atoms with E-state index in [-0.39, 0.29) is 0 Å². The van der Waals surface area contributed by atoms with Crippen molar-refractivity contribution in [3.63, 3.8) is 0 Å². The van der Waals surface area contributed by atoms with Gasteiger partial charge in [0.2, 0.25) is 5.79 Å². The van der Waals surface area contributed by atoms with E-state index in [0.29, 0.717) is 19.8 Å². The molecule has 4 nitrogen and oxygen atoms in total. The van der Waals surface area contributed by atoms with Crippen LogP contribution in [-0.4, -0.2) is 22.8 Å². The third-order valence-electron chi connectivity index (χ3n) is 4.51. The number of imidazole rings is 1. The number of aryl methyl sites for hydroxylation is 1. The summed E-state index contributed by atoms with van der Waals surface area (Å²) in [6.07, 6.45) is 6.53. The molecular formula is C19H20N2O2. The molecule has 0 unspecified atom stereocenters. The first kappa shape index (κ1) is 14.4. The summed E-state index contributed by atoms with van der Waals surface area (Å²) < 4.78 is 14.2. The molecule has 0 spiro atoms. The highest BCUT2D eigenvalue weighted by atomic mass is 16.7. The molecular weight excluding hydrogens is 288 g/mol. The Morgan fingerprint density at radius 2 is 1.87 bits per heavy atom. The van der Waals surface area contributed by atoms with Crippen molar-refractivity contribution in [1.82, 2.24) is 9.55 Å². The molecule has 0 N–H and O–H groups in total. The van der Waals surface area contributed by atoms with Crippen molar-refractivity contribution < 1.29 is 9.47 Å². The van der Waals surface area contributed by atoms with E-state index in [0.717, 1.165) is 12.0 Å².